The van der Waals surface area contributed by atoms with Crippen LogP contribution in [0.4, 0.5) is 18.9 Å². The Morgan fingerprint density at radius 1 is 1.32 bits per heavy atom. The molecule has 0 atom stereocenters. The van der Waals surface area contributed by atoms with E-state index >= 15 is 0 Å². The van der Waals surface area contributed by atoms with Crippen LogP contribution in [0.1, 0.15) is 23.2 Å². The second kappa shape index (κ2) is 6.78. The first-order valence-electron chi connectivity index (χ1n) is 6.56. The first-order chi connectivity index (χ1) is 10.4. The molecule has 0 radical (unpaired) electrons. The minimum atomic E-state index is -4.43. The molecule has 1 aromatic heterocycles. The van der Waals surface area contributed by atoms with Gasteiger partial charge in [0.2, 0.25) is 0 Å². The van der Waals surface area contributed by atoms with Gasteiger partial charge < -0.3 is 11.1 Å². The Morgan fingerprint density at radius 3 is 2.55 bits per heavy atom. The first kappa shape index (κ1) is 16.3. The molecule has 0 saturated heterocycles. The third kappa shape index (κ3) is 4.45. The number of alkyl halides is 3. The molecule has 2 rings (SSSR count). The SMILES string of the molecule is CCc1ccc(NC(N)=NCc2nc(C(F)(F)F)cs2)cc1. The molecule has 0 aliphatic rings. The molecule has 8 heteroatoms. The Labute approximate surface area is 129 Å². The molecule has 1 aromatic carbocycles. The second-order valence-corrected chi connectivity index (χ2v) is 5.44. The summed E-state index contributed by atoms with van der Waals surface area (Å²) >= 11 is 0.908. The molecule has 118 valence electrons. The molecule has 4 nitrogen and oxygen atoms in total. The van der Waals surface area contributed by atoms with E-state index in [9.17, 15) is 13.2 Å². The van der Waals surface area contributed by atoms with Gasteiger partial charge in [-0.2, -0.15) is 13.2 Å². The number of halogens is 3. The van der Waals surface area contributed by atoms with Gasteiger partial charge in [0.05, 0.1) is 6.54 Å². The van der Waals surface area contributed by atoms with E-state index < -0.39 is 11.9 Å². The predicted octanol–water partition coefficient (Wildman–Crippen LogP) is 3.65. The van der Waals surface area contributed by atoms with Gasteiger partial charge in [-0.15, -0.1) is 11.3 Å². The van der Waals surface area contributed by atoms with Crippen LogP contribution in [0.25, 0.3) is 0 Å². The van der Waals surface area contributed by atoms with Crippen LogP contribution in [0, 0.1) is 0 Å². The van der Waals surface area contributed by atoms with Crippen LogP contribution in [0.15, 0.2) is 34.6 Å². The van der Waals surface area contributed by atoms with Gasteiger partial charge in [-0.3, -0.25) is 0 Å². The van der Waals surface area contributed by atoms with Gasteiger partial charge >= 0.3 is 6.18 Å². The average Bonchev–Trinajstić information content (AvgIpc) is 2.95. The lowest BCUT2D eigenvalue weighted by Gasteiger charge is -2.06. The average molecular weight is 328 g/mol. The molecule has 0 bridgehead atoms. The molecule has 0 aliphatic heterocycles. The highest BCUT2D eigenvalue weighted by Crippen LogP contribution is 2.30. The van der Waals surface area contributed by atoms with Gasteiger partial charge in [0.15, 0.2) is 11.7 Å². The summed E-state index contributed by atoms with van der Waals surface area (Å²) in [5.74, 6) is 0.132. The van der Waals surface area contributed by atoms with Crippen LogP contribution in [0.3, 0.4) is 0 Å². The van der Waals surface area contributed by atoms with Crippen molar-refractivity contribution >= 4 is 23.0 Å². The lowest BCUT2D eigenvalue weighted by molar-refractivity contribution is -0.140. The van der Waals surface area contributed by atoms with E-state index in [4.69, 9.17) is 5.73 Å². The van der Waals surface area contributed by atoms with Crippen LogP contribution < -0.4 is 11.1 Å². The minimum absolute atomic E-state index is 0.00657. The van der Waals surface area contributed by atoms with Crippen molar-refractivity contribution in [3.63, 3.8) is 0 Å². The van der Waals surface area contributed by atoms with Crippen molar-refractivity contribution in [2.75, 3.05) is 5.32 Å². The Kier molecular flexibility index (Phi) is 5.02. The zero-order valence-electron chi connectivity index (χ0n) is 11.8. The van der Waals surface area contributed by atoms with Crippen LogP contribution in [-0.4, -0.2) is 10.9 Å². The molecule has 0 fully saturated rings. The number of guanidine groups is 1. The summed E-state index contributed by atoms with van der Waals surface area (Å²) in [7, 11) is 0. The van der Waals surface area contributed by atoms with Crippen molar-refractivity contribution < 1.29 is 13.2 Å². The Hall–Kier alpha value is -2.09. The summed E-state index contributed by atoms with van der Waals surface area (Å²) < 4.78 is 37.3. The summed E-state index contributed by atoms with van der Waals surface area (Å²) in [5, 5.41) is 4.12. The van der Waals surface area contributed by atoms with Gasteiger partial charge in [-0.05, 0) is 24.1 Å². The number of anilines is 1. The van der Waals surface area contributed by atoms with Gasteiger partial charge in [0.1, 0.15) is 5.01 Å². The van der Waals surface area contributed by atoms with Crippen molar-refractivity contribution in [2.45, 2.75) is 26.1 Å². The zero-order valence-corrected chi connectivity index (χ0v) is 12.6. The van der Waals surface area contributed by atoms with Gasteiger partial charge in [-0.1, -0.05) is 19.1 Å². The fourth-order valence-electron chi connectivity index (χ4n) is 1.68. The van der Waals surface area contributed by atoms with E-state index in [1.807, 2.05) is 24.3 Å². The van der Waals surface area contributed by atoms with E-state index in [0.717, 1.165) is 28.8 Å². The molecule has 0 saturated carbocycles. The molecule has 1 heterocycles. The van der Waals surface area contributed by atoms with E-state index in [1.54, 1.807) is 0 Å². The lowest BCUT2D eigenvalue weighted by Crippen LogP contribution is -2.22. The van der Waals surface area contributed by atoms with Crippen LogP contribution >= 0.6 is 11.3 Å². The third-order valence-corrected chi connectivity index (χ3v) is 3.70. The summed E-state index contributed by atoms with van der Waals surface area (Å²) in [6.07, 6.45) is -3.49. The highest BCUT2D eigenvalue weighted by Gasteiger charge is 2.33. The van der Waals surface area contributed by atoms with Crippen molar-refractivity contribution in [2.24, 2.45) is 10.7 Å². The first-order valence-corrected chi connectivity index (χ1v) is 7.44. The summed E-state index contributed by atoms with van der Waals surface area (Å²) in [4.78, 5) is 7.48. The number of benzene rings is 1. The number of hydrogen-bond donors (Lipinski definition) is 2. The lowest BCUT2D eigenvalue weighted by atomic mass is 10.1. The minimum Gasteiger partial charge on any atom is -0.370 e. The molecule has 0 unspecified atom stereocenters. The van der Waals surface area contributed by atoms with Crippen molar-refractivity contribution in [3.8, 4) is 0 Å². The van der Waals surface area contributed by atoms with E-state index in [-0.39, 0.29) is 17.5 Å². The highest BCUT2D eigenvalue weighted by molar-refractivity contribution is 7.09. The highest BCUT2D eigenvalue weighted by atomic mass is 32.1. The standard InChI is InChI=1S/C14H15F3N4S/c1-2-9-3-5-10(6-4-9)20-13(18)19-7-12-21-11(8-22-12)14(15,16)17/h3-6,8H,2,7H2,1H3,(H3,18,19,20). The zero-order chi connectivity index (χ0) is 16.2. The largest absolute Gasteiger partial charge is 0.434 e. The maximum absolute atomic E-state index is 12.4. The number of thiazole rings is 1. The summed E-state index contributed by atoms with van der Waals surface area (Å²) in [6.45, 7) is 2.06. The van der Waals surface area contributed by atoms with E-state index in [1.165, 1.54) is 5.56 Å². The molecule has 0 aliphatic carbocycles. The Balaban J connectivity index is 1.95. The number of aliphatic imine (C=N–C) groups is 1. The van der Waals surface area contributed by atoms with E-state index in [2.05, 4.69) is 22.2 Å². The molecule has 0 spiro atoms. The number of aromatic nitrogens is 1. The smallest absolute Gasteiger partial charge is 0.370 e. The summed E-state index contributed by atoms with van der Waals surface area (Å²) in [5.41, 5.74) is 6.78. The number of hydrogen-bond acceptors (Lipinski definition) is 3. The molecule has 0 amide bonds. The molecular weight excluding hydrogens is 313 g/mol. The monoisotopic (exact) mass is 328 g/mol. The Bertz CT molecular complexity index is 647. The predicted molar refractivity (Wildman–Crippen MR) is 81.9 cm³/mol. The van der Waals surface area contributed by atoms with E-state index in [0.29, 0.717) is 0 Å². The van der Waals surface area contributed by atoms with Crippen LogP contribution in [-0.2, 0) is 19.1 Å². The van der Waals surface area contributed by atoms with Crippen molar-refractivity contribution in [1.82, 2.24) is 4.98 Å². The van der Waals surface area contributed by atoms with Crippen molar-refractivity contribution in [3.05, 3.63) is 45.9 Å². The summed E-state index contributed by atoms with van der Waals surface area (Å²) in [6, 6.07) is 7.66. The van der Waals surface area contributed by atoms with Gasteiger partial charge in [-0.25, -0.2) is 9.98 Å². The molecule has 22 heavy (non-hydrogen) atoms. The van der Waals surface area contributed by atoms with Crippen molar-refractivity contribution in [1.29, 1.82) is 0 Å². The quantitative estimate of drug-likeness (QED) is 0.665. The maximum Gasteiger partial charge on any atom is 0.434 e. The molecule has 2 aromatic rings. The number of nitrogens with zero attached hydrogens (tertiary/aromatic N) is 2. The van der Waals surface area contributed by atoms with Gasteiger partial charge in [0.25, 0.3) is 0 Å². The number of nitrogens with one attached hydrogen (secondary N) is 1. The number of nitrogens with two attached hydrogens (primary N) is 1. The Morgan fingerprint density at radius 2 is 2.00 bits per heavy atom. The fourth-order valence-corrected chi connectivity index (χ4v) is 2.40. The fraction of sp³-hybridized carbons (Fsp3) is 0.286. The van der Waals surface area contributed by atoms with Crippen LogP contribution in [0.5, 0.6) is 0 Å². The second-order valence-electron chi connectivity index (χ2n) is 4.50. The normalized spacial score (nSPS) is 12.5. The van der Waals surface area contributed by atoms with Crippen LogP contribution in [0.2, 0.25) is 0 Å². The van der Waals surface area contributed by atoms with Gasteiger partial charge in [0, 0.05) is 11.1 Å². The number of rotatable bonds is 4. The maximum atomic E-state index is 12.4. The number of aryl methyl sites for hydroxylation is 1. The topological polar surface area (TPSA) is 63.3 Å². The third-order valence-electron chi connectivity index (χ3n) is 2.86. The molecular formula is C14H15F3N4S. The molecule has 3 N–H and O–H groups in total.